The Hall–Kier alpha value is -2.10. The number of para-hydroxylation sites is 1. The predicted molar refractivity (Wildman–Crippen MR) is 92.1 cm³/mol. The summed E-state index contributed by atoms with van der Waals surface area (Å²) in [7, 11) is 0. The Bertz CT molecular complexity index is 873. The minimum absolute atomic E-state index is 0.0209. The van der Waals surface area contributed by atoms with Crippen molar-refractivity contribution in [2.75, 3.05) is 0 Å². The van der Waals surface area contributed by atoms with Crippen molar-refractivity contribution < 1.29 is 9.53 Å². The van der Waals surface area contributed by atoms with Crippen LogP contribution in [0.5, 0.6) is 0 Å². The number of aryl methyl sites for hydroxylation is 1. The zero-order valence-electron chi connectivity index (χ0n) is 12.3. The van der Waals surface area contributed by atoms with E-state index in [0.29, 0.717) is 21.2 Å². The second-order valence-electron chi connectivity index (χ2n) is 5.10. The number of aromatic nitrogens is 1. The van der Waals surface area contributed by atoms with Crippen molar-refractivity contribution in [1.29, 1.82) is 0 Å². The van der Waals surface area contributed by atoms with Crippen molar-refractivity contribution in [1.82, 2.24) is 4.98 Å². The Labute approximate surface area is 143 Å². The van der Waals surface area contributed by atoms with Gasteiger partial charge in [0.05, 0.1) is 11.1 Å². The van der Waals surface area contributed by atoms with Crippen LogP contribution in [0.2, 0.25) is 10.0 Å². The number of hydrogen-bond donors (Lipinski definition) is 0. The summed E-state index contributed by atoms with van der Waals surface area (Å²) in [6.07, 6.45) is 0. The largest absolute Gasteiger partial charge is 0.457 e. The molecule has 0 N–H and O–H groups in total. The van der Waals surface area contributed by atoms with Gasteiger partial charge in [0.25, 0.3) is 0 Å². The Morgan fingerprint density at radius 2 is 1.78 bits per heavy atom. The lowest BCUT2D eigenvalue weighted by Crippen LogP contribution is -2.07. The number of hydrogen-bond acceptors (Lipinski definition) is 3. The van der Waals surface area contributed by atoms with Crippen LogP contribution in [0.4, 0.5) is 0 Å². The first-order valence-electron chi connectivity index (χ1n) is 7.02. The average Bonchev–Trinajstić information content (AvgIpc) is 2.53. The summed E-state index contributed by atoms with van der Waals surface area (Å²) in [4.78, 5) is 16.9. The van der Waals surface area contributed by atoms with Crippen LogP contribution in [0.1, 0.15) is 21.6 Å². The minimum Gasteiger partial charge on any atom is -0.457 e. The molecule has 1 aromatic heterocycles. The van der Waals surface area contributed by atoms with E-state index in [9.17, 15) is 4.79 Å². The van der Waals surface area contributed by atoms with Gasteiger partial charge in [0.2, 0.25) is 0 Å². The Kier molecular flexibility index (Phi) is 4.51. The van der Waals surface area contributed by atoms with Crippen molar-refractivity contribution in [3.63, 3.8) is 0 Å². The maximum Gasteiger partial charge on any atom is 0.339 e. The van der Waals surface area contributed by atoms with E-state index in [0.717, 1.165) is 16.6 Å². The molecule has 0 saturated carbocycles. The highest BCUT2D eigenvalue weighted by atomic mass is 35.5. The first-order chi connectivity index (χ1) is 11.1. The second-order valence-corrected chi connectivity index (χ2v) is 5.92. The van der Waals surface area contributed by atoms with E-state index in [1.165, 1.54) is 0 Å². The van der Waals surface area contributed by atoms with Crippen molar-refractivity contribution >= 4 is 40.1 Å². The number of ether oxygens (including phenoxy) is 1. The Morgan fingerprint density at radius 1 is 1.09 bits per heavy atom. The molecule has 0 aliphatic heterocycles. The highest BCUT2D eigenvalue weighted by Crippen LogP contribution is 2.26. The maximum absolute atomic E-state index is 12.5. The van der Waals surface area contributed by atoms with Crippen molar-refractivity contribution in [2.45, 2.75) is 13.5 Å². The van der Waals surface area contributed by atoms with E-state index < -0.39 is 5.97 Å². The summed E-state index contributed by atoms with van der Waals surface area (Å²) in [5.41, 5.74) is 2.59. The molecular formula is C18H13Cl2NO2. The first kappa shape index (κ1) is 15.8. The zero-order chi connectivity index (χ0) is 16.4. The summed E-state index contributed by atoms with van der Waals surface area (Å²) in [6.45, 7) is 1.86. The van der Waals surface area contributed by atoms with Crippen LogP contribution >= 0.6 is 23.2 Å². The van der Waals surface area contributed by atoms with E-state index in [1.807, 2.05) is 31.2 Å². The highest BCUT2D eigenvalue weighted by Gasteiger charge is 2.15. The lowest BCUT2D eigenvalue weighted by atomic mass is 10.1. The number of halogens is 2. The van der Waals surface area contributed by atoms with Gasteiger partial charge in [0.1, 0.15) is 6.61 Å². The molecule has 0 aliphatic carbocycles. The molecule has 3 aromatic rings. The molecule has 0 fully saturated rings. The number of rotatable bonds is 3. The number of pyridine rings is 1. The predicted octanol–water partition coefficient (Wildman–Crippen LogP) is 5.21. The number of fused-ring (bicyclic) bond motifs is 1. The Morgan fingerprint density at radius 3 is 2.52 bits per heavy atom. The lowest BCUT2D eigenvalue weighted by Gasteiger charge is -2.10. The molecule has 3 nitrogen and oxygen atoms in total. The van der Waals surface area contributed by atoms with Crippen LogP contribution in [-0.2, 0) is 11.3 Å². The molecule has 0 saturated heterocycles. The summed E-state index contributed by atoms with van der Waals surface area (Å²) in [5.74, 6) is -0.428. The third kappa shape index (κ3) is 3.31. The number of carbonyl (C=O) groups excluding carboxylic acids is 1. The molecule has 2 aromatic carbocycles. The number of esters is 1. The molecule has 0 spiro atoms. The van der Waals surface area contributed by atoms with Crippen LogP contribution < -0.4 is 0 Å². The van der Waals surface area contributed by atoms with Gasteiger partial charge >= 0.3 is 5.97 Å². The van der Waals surface area contributed by atoms with Gasteiger partial charge in [-0.05, 0) is 31.2 Å². The van der Waals surface area contributed by atoms with Crippen LogP contribution in [0, 0.1) is 6.92 Å². The van der Waals surface area contributed by atoms with Crippen LogP contribution in [0.25, 0.3) is 10.9 Å². The molecule has 0 aliphatic rings. The van der Waals surface area contributed by atoms with Gasteiger partial charge in [0, 0.05) is 26.7 Å². The molecule has 3 rings (SSSR count). The average molecular weight is 346 g/mol. The number of nitrogens with zero attached hydrogens (tertiary/aromatic N) is 1. The molecule has 5 heteroatoms. The molecule has 0 bridgehead atoms. The normalized spacial score (nSPS) is 10.7. The van der Waals surface area contributed by atoms with Crippen molar-refractivity contribution in [3.8, 4) is 0 Å². The van der Waals surface area contributed by atoms with Crippen LogP contribution in [0.15, 0.2) is 48.5 Å². The van der Waals surface area contributed by atoms with Gasteiger partial charge < -0.3 is 4.74 Å². The number of carbonyl (C=O) groups is 1. The minimum atomic E-state index is -0.428. The summed E-state index contributed by atoms with van der Waals surface area (Å²) in [5, 5.41) is 1.70. The third-order valence-corrected chi connectivity index (χ3v) is 4.18. The molecular weight excluding hydrogens is 333 g/mol. The summed E-state index contributed by atoms with van der Waals surface area (Å²) >= 11 is 12.2. The molecule has 0 radical (unpaired) electrons. The molecule has 0 amide bonds. The smallest absolute Gasteiger partial charge is 0.339 e. The first-order valence-corrected chi connectivity index (χ1v) is 7.78. The van der Waals surface area contributed by atoms with E-state index in [-0.39, 0.29) is 6.61 Å². The van der Waals surface area contributed by atoms with Crippen LogP contribution in [-0.4, -0.2) is 11.0 Å². The molecule has 0 unspecified atom stereocenters. The van der Waals surface area contributed by atoms with E-state index in [1.54, 1.807) is 24.3 Å². The fourth-order valence-corrected chi connectivity index (χ4v) is 2.87. The summed E-state index contributed by atoms with van der Waals surface area (Å²) in [6, 6.07) is 14.3. The van der Waals surface area contributed by atoms with Gasteiger partial charge in [-0.2, -0.15) is 0 Å². The highest BCUT2D eigenvalue weighted by molar-refractivity contribution is 6.36. The standard InChI is InChI=1S/C18H13Cl2NO2/c1-11-9-13(12-5-2-3-8-17(12)21-11)18(22)23-10-14-15(19)6-4-7-16(14)20/h2-9H,10H2,1H3. The molecule has 1 heterocycles. The van der Waals surface area contributed by atoms with Gasteiger partial charge in [0.15, 0.2) is 0 Å². The van der Waals surface area contributed by atoms with Gasteiger partial charge in [-0.3, -0.25) is 4.98 Å². The third-order valence-electron chi connectivity index (χ3n) is 3.47. The number of benzene rings is 2. The van der Waals surface area contributed by atoms with E-state index in [4.69, 9.17) is 27.9 Å². The molecule has 116 valence electrons. The van der Waals surface area contributed by atoms with Gasteiger partial charge in [-0.1, -0.05) is 47.5 Å². The Balaban J connectivity index is 1.90. The van der Waals surface area contributed by atoms with Crippen molar-refractivity contribution in [3.05, 3.63) is 75.4 Å². The molecule has 0 atom stereocenters. The fraction of sp³-hybridized carbons (Fsp3) is 0.111. The van der Waals surface area contributed by atoms with Gasteiger partial charge in [-0.25, -0.2) is 4.79 Å². The van der Waals surface area contributed by atoms with Crippen LogP contribution in [0.3, 0.4) is 0 Å². The topological polar surface area (TPSA) is 39.2 Å². The monoisotopic (exact) mass is 345 g/mol. The second kappa shape index (κ2) is 6.57. The maximum atomic E-state index is 12.5. The van der Waals surface area contributed by atoms with Gasteiger partial charge in [-0.15, -0.1) is 0 Å². The molecule has 23 heavy (non-hydrogen) atoms. The zero-order valence-corrected chi connectivity index (χ0v) is 13.9. The van der Waals surface area contributed by atoms with E-state index in [2.05, 4.69) is 4.98 Å². The lowest BCUT2D eigenvalue weighted by molar-refractivity contribution is 0.0475. The SMILES string of the molecule is Cc1cc(C(=O)OCc2c(Cl)cccc2Cl)c2ccccc2n1. The van der Waals surface area contributed by atoms with E-state index >= 15 is 0 Å². The van der Waals surface area contributed by atoms with Crippen molar-refractivity contribution in [2.24, 2.45) is 0 Å². The fourth-order valence-electron chi connectivity index (χ4n) is 2.36. The summed E-state index contributed by atoms with van der Waals surface area (Å²) < 4.78 is 5.40. The quantitative estimate of drug-likeness (QED) is 0.612.